The van der Waals surface area contributed by atoms with Gasteiger partial charge in [0.25, 0.3) is 11.8 Å². The molecule has 1 aliphatic rings. The average molecular weight is 428 g/mol. The van der Waals surface area contributed by atoms with Crippen LogP contribution in [0, 0.1) is 5.92 Å². The Hall–Kier alpha value is -2.79. The van der Waals surface area contributed by atoms with Crippen LogP contribution in [0.1, 0.15) is 13.8 Å². The standard InChI is InChI=1S/C19H26F2N4O5/c1-11(2)9-24(3)16(17(22)27)18(28)23-12-4-5-13(14(8-12)30-19(20)21)25-6-7-29-10-15(25)26/h4-5,8,11,16,19H,6-7,9-10H2,1-3H3,(H2,22,27)(H,23,28)/t16-/m0/s1. The van der Waals surface area contributed by atoms with Crippen molar-refractivity contribution in [2.45, 2.75) is 26.5 Å². The van der Waals surface area contributed by atoms with Crippen molar-refractivity contribution in [2.75, 3.05) is 43.6 Å². The van der Waals surface area contributed by atoms with Gasteiger partial charge in [0.05, 0.1) is 12.3 Å². The van der Waals surface area contributed by atoms with Gasteiger partial charge in [-0.05, 0) is 25.1 Å². The summed E-state index contributed by atoms with van der Waals surface area (Å²) >= 11 is 0. The number of anilines is 2. The van der Waals surface area contributed by atoms with E-state index in [1.54, 1.807) is 7.05 Å². The number of ether oxygens (including phenoxy) is 2. The van der Waals surface area contributed by atoms with E-state index < -0.39 is 30.4 Å². The van der Waals surface area contributed by atoms with Crippen LogP contribution < -0.4 is 20.7 Å². The van der Waals surface area contributed by atoms with Crippen LogP contribution in [-0.2, 0) is 19.1 Å². The molecule has 2 rings (SSSR count). The van der Waals surface area contributed by atoms with Crippen LogP contribution in [0.3, 0.4) is 0 Å². The van der Waals surface area contributed by atoms with Gasteiger partial charge in [-0.3, -0.25) is 19.3 Å². The lowest BCUT2D eigenvalue weighted by Gasteiger charge is -2.29. The Morgan fingerprint density at radius 2 is 2.07 bits per heavy atom. The minimum absolute atomic E-state index is 0.115. The smallest absolute Gasteiger partial charge is 0.387 e. The summed E-state index contributed by atoms with van der Waals surface area (Å²) in [5.74, 6) is -2.05. The van der Waals surface area contributed by atoms with Gasteiger partial charge in [0.2, 0.25) is 5.91 Å². The van der Waals surface area contributed by atoms with Crippen molar-refractivity contribution in [3.05, 3.63) is 18.2 Å². The summed E-state index contributed by atoms with van der Waals surface area (Å²) in [4.78, 5) is 39.3. The van der Waals surface area contributed by atoms with Gasteiger partial charge in [0, 0.05) is 24.8 Å². The zero-order chi connectivity index (χ0) is 22.4. The monoisotopic (exact) mass is 428 g/mol. The molecule has 0 spiro atoms. The molecule has 1 atom stereocenters. The highest BCUT2D eigenvalue weighted by atomic mass is 19.3. The number of halogens is 2. The van der Waals surface area contributed by atoms with Gasteiger partial charge in [-0.15, -0.1) is 0 Å². The number of benzene rings is 1. The van der Waals surface area contributed by atoms with Crippen LogP contribution in [0.25, 0.3) is 0 Å². The molecule has 3 amide bonds. The Labute approximate surface area is 173 Å². The quantitative estimate of drug-likeness (QED) is 0.568. The van der Waals surface area contributed by atoms with Crippen LogP contribution in [0.4, 0.5) is 20.2 Å². The summed E-state index contributed by atoms with van der Waals surface area (Å²) < 4.78 is 35.4. The molecule has 1 aromatic rings. The van der Waals surface area contributed by atoms with Crippen molar-refractivity contribution in [1.82, 2.24) is 4.90 Å². The first kappa shape index (κ1) is 23.5. The van der Waals surface area contributed by atoms with Crippen molar-refractivity contribution in [1.29, 1.82) is 0 Å². The molecule has 1 heterocycles. The highest BCUT2D eigenvalue weighted by molar-refractivity contribution is 6.09. The Balaban J connectivity index is 2.27. The lowest BCUT2D eigenvalue weighted by molar-refractivity contribution is -0.132. The predicted molar refractivity (Wildman–Crippen MR) is 105 cm³/mol. The number of likely N-dealkylation sites (N-methyl/N-ethyl adjacent to an activating group) is 1. The van der Waals surface area contributed by atoms with E-state index in [1.807, 2.05) is 13.8 Å². The highest BCUT2D eigenvalue weighted by Crippen LogP contribution is 2.33. The second kappa shape index (κ2) is 10.3. The summed E-state index contributed by atoms with van der Waals surface area (Å²) in [6.45, 7) is 1.40. The highest BCUT2D eigenvalue weighted by Gasteiger charge is 2.30. The molecule has 0 saturated carbocycles. The van der Waals surface area contributed by atoms with Gasteiger partial charge >= 0.3 is 6.61 Å². The number of nitrogens with one attached hydrogen (secondary N) is 1. The van der Waals surface area contributed by atoms with E-state index in [-0.39, 0.29) is 42.8 Å². The zero-order valence-corrected chi connectivity index (χ0v) is 17.1. The largest absolute Gasteiger partial charge is 0.433 e. The Morgan fingerprint density at radius 1 is 1.37 bits per heavy atom. The van der Waals surface area contributed by atoms with Crippen LogP contribution >= 0.6 is 0 Å². The minimum atomic E-state index is -3.14. The van der Waals surface area contributed by atoms with Gasteiger partial charge < -0.3 is 25.4 Å². The number of rotatable bonds is 9. The maximum atomic E-state index is 12.9. The van der Waals surface area contributed by atoms with Gasteiger partial charge in [-0.1, -0.05) is 13.8 Å². The number of nitrogens with two attached hydrogens (primary N) is 1. The van der Waals surface area contributed by atoms with Crippen molar-refractivity contribution in [3.63, 3.8) is 0 Å². The van der Waals surface area contributed by atoms with Crippen LogP contribution in [0.5, 0.6) is 5.75 Å². The second-order valence-corrected chi connectivity index (χ2v) is 7.29. The van der Waals surface area contributed by atoms with Gasteiger partial charge in [0.15, 0.2) is 11.8 Å². The summed E-state index contributed by atoms with van der Waals surface area (Å²) in [5, 5.41) is 2.50. The topological polar surface area (TPSA) is 114 Å². The maximum absolute atomic E-state index is 12.9. The lowest BCUT2D eigenvalue weighted by Crippen LogP contribution is -2.51. The molecule has 0 aromatic heterocycles. The van der Waals surface area contributed by atoms with Gasteiger partial charge in [-0.2, -0.15) is 8.78 Å². The molecular weight excluding hydrogens is 402 g/mol. The number of carbonyl (C=O) groups is 3. The molecule has 166 valence electrons. The summed E-state index contributed by atoms with van der Waals surface area (Å²) in [6.07, 6.45) is 0. The SMILES string of the molecule is CC(C)CN(C)[C@@H](C(N)=O)C(=O)Nc1ccc(N2CCOCC2=O)c(OC(F)F)c1. The number of carbonyl (C=O) groups excluding carboxylic acids is 3. The summed E-state index contributed by atoms with van der Waals surface area (Å²) in [5.41, 5.74) is 5.62. The molecule has 0 bridgehead atoms. The molecule has 9 nitrogen and oxygen atoms in total. The van der Waals surface area contributed by atoms with E-state index >= 15 is 0 Å². The Kier molecular flexibility index (Phi) is 8.07. The molecular formula is C19H26F2N4O5. The van der Waals surface area contributed by atoms with E-state index in [4.69, 9.17) is 10.5 Å². The van der Waals surface area contributed by atoms with E-state index in [1.165, 1.54) is 28.0 Å². The lowest BCUT2D eigenvalue weighted by atomic mass is 10.1. The molecule has 3 N–H and O–H groups in total. The van der Waals surface area contributed by atoms with Crippen molar-refractivity contribution < 1.29 is 32.6 Å². The third-order valence-electron chi connectivity index (χ3n) is 4.33. The molecule has 1 fully saturated rings. The van der Waals surface area contributed by atoms with E-state index in [2.05, 4.69) is 10.1 Å². The van der Waals surface area contributed by atoms with E-state index in [9.17, 15) is 23.2 Å². The Bertz CT molecular complexity index is 790. The first-order valence-electron chi connectivity index (χ1n) is 9.37. The van der Waals surface area contributed by atoms with Gasteiger partial charge in [0.1, 0.15) is 6.61 Å². The number of nitrogens with zero attached hydrogens (tertiary/aromatic N) is 2. The third kappa shape index (κ3) is 6.10. The number of hydrogen-bond donors (Lipinski definition) is 2. The fourth-order valence-corrected chi connectivity index (χ4v) is 3.22. The van der Waals surface area contributed by atoms with Crippen LogP contribution in [0.15, 0.2) is 18.2 Å². The first-order valence-corrected chi connectivity index (χ1v) is 9.37. The van der Waals surface area contributed by atoms with Crippen LogP contribution in [0.2, 0.25) is 0 Å². The van der Waals surface area contributed by atoms with Crippen molar-refractivity contribution in [2.24, 2.45) is 11.7 Å². The Morgan fingerprint density at radius 3 is 2.63 bits per heavy atom. The first-order chi connectivity index (χ1) is 14.1. The number of primary amides is 1. The third-order valence-corrected chi connectivity index (χ3v) is 4.33. The van der Waals surface area contributed by atoms with E-state index in [0.29, 0.717) is 6.54 Å². The normalized spacial score (nSPS) is 15.6. The molecule has 1 saturated heterocycles. The molecule has 1 aromatic carbocycles. The van der Waals surface area contributed by atoms with Gasteiger partial charge in [-0.25, -0.2) is 0 Å². The summed E-state index contributed by atoms with van der Waals surface area (Å²) in [6, 6.07) is 2.73. The molecule has 0 radical (unpaired) electrons. The molecule has 0 aliphatic carbocycles. The van der Waals surface area contributed by atoms with Crippen molar-refractivity contribution >= 4 is 29.1 Å². The van der Waals surface area contributed by atoms with E-state index in [0.717, 1.165) is 0 Å². The number of morpholine rings is 1. The predicted octanol–water partition coefficient (Wildman–Crippen LogP) is 1.03. The number of amides is 3. The maximum Gasteiger partial charge on any atom is 0.387 e. The minimum Gasteiger partial charge on any atom is -0.433 e. The van der Waals surface area contributed by atoms with Crippen molar-refractivity contribution in [3.8, 4) is 5.75 Å². The molecule has 1 aliphatic heterocycles. The molecule has 30 heavy (non-hydrogen) atoms. The fraction of sp³-hybridized carbons (Fsp3) is 0.526. The van der Waals surface area contributed by atoms with Crippen LogP contribution in [-0.4, -0.2) is 68.6 Å². The molecule has 11 heteroatoms. The summed E-state index contributed by atoms with van der Waals surface area (Å²) in [7, 11) is 1.59. The number of hydrogen-bond acceptors (Lipinski definition) is 6. The average Bonchev–Trinajstić information content (AvgIpc) is 2.61. The zero-order valence-electron chi connectivity index (χ0n) is 17.1. The number of alkyl halides is 2. The fourth-order valence-electron chi connectivity index (χ4n) is 3.22. The second-order valence-electron chi connectivity index (χ2n) is 7.29. The molecule has 0 unspecified atom stereocenters.